The van der Waals surface area contributed by atoms with Crippen LogP contribution < -0.4 is 10.2 Å². The number of anilines is 2. The topological polar surface area (TPSA) is 60.9 Å². The van der Waals surface area contributed by atoms with Crippen LogP contribution >= 0.6 is 0 Å². The molecule has 4 rings (SSSR count). The minimum atomic E-state index is -2.99. The van der Waals surface area contributed by atoms with Crippen molar-refractivity contribution in [1.29, 1.82) is 0 Å². The van der Waals surface area contributed by atoms with Crippen molar-refractivity contribution < 1.29 is 30.9 Å². The number of nitrogens with one attached hydrogen (secondary N) is 1. The number of likely N-dealkylation sites (tertiary alicyclic amines) is 1. The Kier molecular flexibility index (Phi) is 7.74. The maximum atomic E-state index is 15.2. The third-order valence-corrected chi connectivity index (χ3v) is 8.08. The van der Waals surface area contributed by atoms with E-state index in [0.717, 1.165) is 11.6 Å². The van der Waals surface area contributed by atoms with Crippen LogP contribution in [0.4, 0.5) is 24.7 Å². The Morgan fingerprint density at radius 1 is 1.28 bits per heavy atom. The second-order valence-electron chi connectivity index (χ2n) is 10.9. The largest absolute Gasteiger partial charge is 0.371 e. The first-order valence-electron chi connectivity index (χ1n) is 17.3. The van der Waals surface area contributed by atoms with E-state index >= 15 is 4.39 Å². The third kappa shape index (κ3) is 6.84. The minimum Gasteiger partial charge on any atom is -0.371 e. The summed E-state index contributed by atoms with van der Waals surface area (Å²) in [6.07, 6.45) is 0.0379. The van der Waals surface area contributed by atoms with Gasteiger partial charge in [0.05, 0.1) is 40.7 Å². The molecule has 0 saturated carbocycles. The van der Waals surface area contributed by atoms with Gasteiger partial charge in [-0.15, -0.1) is 0 Å². The molecule has 1 N–H and O–H groups in total. The highest BCUT2D eigenvalue weighted by molar-refractivity contribution is 5.86. The van der Waals surface area contributed by atoms with E-state index in [1.165, 1.54) is 19.1 Å². The van der Waals surface area contributed by atoms with Crippen LogP contribution in [0.5, 0.6) is 0 Å². The summed E-state index contributed by atoms with van der Waals surface area (Å²) in [7, 11) is 1.84. The standard InChI is InChI=1S/C33H42F3N5O2/c1-8-43-33(14-17-41(18-15-33)23(4)42)24-19-28-30(40(7)20-24)26(13-10-16-39(5)6)22(3)38-32(28)37-21(2)25-11-9-12-27(29(25)34)31(35)36/h9,11-12,19,21,31H,8,14-18,20H2,1-7H3,(H,37,38)/t21-/m1/s1/i5D3,6D3. The molecule has 232 valence electrons. The molecule has 10 heteroatoms. The second kappa shape index (κ2) is 13.4. The molecular weight excluding hydrogens is 555 g/mol. The van der Waals surface area contributed by atoms with Gasteiger partial charge in [0.1, 0.15) is 11.6 Å². The summed E-state index contributed by atoms with van der Waals surface area (Å²) in [6, 6.07) is 3.06. The van der Waals surface area contributed by atoms with Gasteiger partial charge in [-0.2, -0.15) is 0 Å². The Labute approximate surface area is 261 Å². The molecule has 1 aromatic heterocycles. The Bertz CT molecular complexity index is 1630. The van der Waals surface area contributed by atoms with E-state index in [2.05, 4.69) is 17.2 Å². The molecule has 2 aliphatic rings. The summed E-state index contributed by atoms with van der Waals surface area (Å²) < 4.78 is 94.7. The number of likely N-dealkylation sites (N-methyl/N-ethyl adjacent to an activating group) is 1. The lowest BCUT2D eigenvalue weighted by molar-refractivity contribution is -0.133. The number of hydrogen-bond acceptors (Lipinski definition) is 6. The van der Waals surface area contributed by atoms with Crippen LogP contribution in [0.2, 0.25) is 0 Å². The number of fused-ring (bicyclic) bond motifs is 1. The van der Waals surface area contributed by atoms with Crippen LogP contribution in [0.1, 0.15) is 82.3 Å². The molecule has 2 aromatic rings. The summed E-state index contributed by atoms with van der Waals surface area (Å²) in [4.78, 5) is 21.0. The highest BCUT2D eigenvalue weighted by Gasteiger charge is 2.41. The van der Waals surface area contributed by atoms with Crippen LogP contribution in [0, 0.1) is 24.6 Å². The zero-order chi connectivity index (χ0) is 36.5. The quantitative estimate of drug-likeness (QED) is 0.385. The average Bonchev–Trinajstić information content (AvgIpc) is 2.99. The smallest absolute Gasteiger partial charge is 0.266 e. The first kappa shape index (κ1) is 24.8. The number of aromatic nitrogens is 1. The number of hydrogen-bond donors (Lipinski definition) is 1. The maximum absolute atomic E-state index is 15.2. The number of piperidine rings is 1. The number of ether oxygens (including phenoxy) is 1. The van der Waals surface area contributed by atoms with Crippen molar-refractivity contribution in [2.45, 2.75) is 58.6 Å². The first-order chi connectivity index (χ1) is 22.8. The predicted molar refractivity (Wildman–Crippen MR) is 165 cm³/mol. The zero-order valence-electron chi connectivity index (χ0n) is 31.2. The van der Waals surface area contributed by atoms with Crippen LogP contribution in [0.25, 0.3) is 6.08 Å². The van der Waals surface area contributed by atoms with Gasteiger partial charge in [0.2, 0.25) is 5.91 Å². The SMILES string of the molecule is [2H]C([2H])([2H])N(CC#Cc1c(C)nc(N[C@H](C)c2cccc(C(F)F)c2F)c2c1N(C)CC(C1(OCC)CCN(C(C)=O)CC1)=C2)C([2H])([2H])[2H]. The summed E-state index contributed by atoms with van der Waals surface area (Å²) in [5, 5.41) is 3.22. The number of pyridine rings is 1. The lowest BCUT2D eigenvalue weighted by Crippen LogP contribution is -2.50. The fourth-order valence-corrected chi connectivity index (χ4v) is 5.90. The van der Waals surface area contributed by atoms with Crippen molar-refractivity contribution in [2.24, 2.45) is 0 Å². The number of halogens is 3. The molecule has 0 radical (unpaired) electrons. The molecular formula is C33H42F3N5O2. The summed E-state index contributed by atoms with van der Waals surface area (Å²) >= 11 is 0. The van der Waals surface area contributed by atoms with E-state index in [-0.39, 0.29) is 11.5 Å². The fraction of sp³-hybridized carbons (Fsp3) is 0.515. The number of aryl methyl sites for hydroxylation is 1. The molecule has 0 unspecified atom stereocenters. The van der Waals surface area contributed by atoms with Crippen LogP contribution in [0.3, 0.4) is 0 Å². The Morgan fingerprint density at radius 3 is 2.60 bits per heavy atom. The lowest BCUT2D eigenvalue weighted by atomic mass is 9.80. The van der Waals surface area contributed by atoms with Gasteiger partial charge in [-0.25, -0.2) is 18.2 Å². The van der Waals surface area contributed by atoms with Crippen molar-refractivity contribution in [3.63, 3.8) is 0 Å². The van der Waals surface area contributed by atoms with Gasteiger partial charge >= 0.3 is 0 Å². The molecule has 2 aliphatic heterocycles. The number of rotatable bonds is 8. The molecule has 43 heavy (non-hydrogen) atoms. The van der Waals surface area contributed by atoms with Gasteiger partial charge in [-0.05, 0) is 59.2 Å². The van der Waals surface area contributed by atoms with Gasteiger partial charge in [0, 0.05) is 59.6 Å². The normalized spacial score (nSPS) is 19.5. The second-order valence-corrected chi connectivity index (χ2v) is 10.9. The van der Waals surface area contributed by atoms with Gasteiger partial charge in [0.25, 0.3) is 6.43 Å². The van der Waals surface area contributed by atoms with Crippen molar-refractivity contribution in [2.75, 3.05) is 64.0 Å². The molecule has 1 fully saturated rings. The van der Waals surface area contributed by atoms with Gasteiger partial charge in [-0.3, -0.25) is 9.69 Å². The number of alkyl halides is 2. The minimum absolute atomic E-state index is 0.0211. The van der Waals surface area contributed by atoms with Crippen LogP contribution in [-0.4, -0.2) is 80.1 Å². The summed E-state index contributed by atoms with van der Waals surface area (Å²) in [5.74, 6) is 4.98. The van der Waals surface area contributed by atoms with E-state index in [1.807, 2.05) is 24.9 Å². The van der Waals surface area contributed by atoms with E-state index in [4.69, 9.17) is 17.9 Å². The lowest BCUT2D eigenvalue weighted by Gasteiger charge is -2.45. The van der Waals surface area contributed by atoms with Crippen molar-refractivity contribution in [3.8, 4) is 11.8 Å². The molecule has 1 aromatic carbocycles. The highest BCUT2D eigenvalue weighted by atomic mass is 19.3. The number of amides is 1. The van der Waals surface area contributed by atoms with Crippen molar-refractivity contribution >= 4 is 23.5 Å². The summed E-state index contributed by atoms with van der Waals surface area (Å²) in [6.45, 7) is 2.19. The molecule has 0 aliphatic carbocycles. The van der Waals surface area contributed by atoms with E-state index in [9.17, 15) is 13.6 Å². The average molecular weight is 604 g/mol. The Hall–Kier alpha value is -3.55. The zero-order valence-corrected chi connectivity index (χ0v) is 25.2. The third-order valence-electron chi connectivity index (χ3n) is 8.08. The molecule has 7 nitrogen and oxygen atoms in total. The van der Waals surface area contributed by atoms with Gasteiger partial charge in [-0.1, -0.05) is 30.0 Å². The monoisotopic (exact) mass is 603 g/mol. The predicted octanol–water partition coefficient (Wildman–Crippen LogP) is 5.80. The molecule has 1 saturated heterocycles. The molecule has 0 bridgehead atoms. The van der Waals surface area contributed by atoms with Crippen LogP contribution in [-0.2, 0) is 9.53 Å². The number of benzene rings is 1. The van der Waals surface area contributed by atoms with Gasteiger partial charge < -0.3 is 19.9 Å². The first-order valence-corrected chi connectivity index (χ1v) is 14.3. The van der Waals surface area contributed by atoms with E-state index in [0.29, 0.717) is 72.3 Å². The summed E-state index contributed by atoms with van der Waals surface area (Å²) in [5.41, 5.74) is 1.57. The highest BCUT2D eigenvalue weighted by Crippen LogP contribution is 2.44. The maximum Gasteiger partial charge on any atom is 0.266 e. The molecule has 3 heterocycles. The number of nitrogens with zero attached hydrogens (tertiary/aromatic N) is 4. The number of carbonyl (C=O) groups excluding carboxylic acids is 1. The van der Waals surface area contributed by atoms with E-state index < -0.39 is 49.9 Å². The molecule has 1 amide bonds. The van der Waals surface area contributed by atoms with Crippen molar-refractivity contribution in [1.82, 2.24) is 14.8 Å². The van der Waals surface area contributed by atoms with Crippen LogP contribution in [0.15, 0.2) is 23.8 Å². The molecule has 1 atom stereocenters. The van der Waals surface area contributed by atoms with Crippen molar-refractivity contribution in [3.05, 3.63) is 57.5 Å². The molecule has 0 spiro atoms. The Morgan fingerprint density at radius 2 is 1.98 bits per heavy atom. The van der Waals surface area contributed by atoms with E-state index in [1.54, 1.807) is 18.7 Å². The fourth-order valence-electron chi connectivity index (χ4n) is 5.90. The Balaban J connectivity index is 1.87. The number of carbonyl (C=O) groups is 1. The van der Waals surface area contributed by atoms with Gasteiger partial charge in [0.15, 0.2) is 0 Å².